The first-order chi connectivity index (χ1) is 13.6. The van der Waals surface area contributed by atoms with Crippen molar-refractivity contribution in [2.45, 2.75) is 25.8 Å². The van der Waals surface area contributed by atoms with E-state index in [1.165, 1.54) is 11.1 Å². The fourth-order valence-electron chi connectivity index (χ4n) is 3.23. The maximum atomic E-state index is 12.4. The third kappa shape index (κ3) is 6.50. The van der Waals surface area contributed by atoms with Crippen LogP contribution in [-0.2, 0) is 17.8 Å². The number of fused-ring (bicyclic) bond motifs is 1. The molecule has 0 aliphatic carbocycles. The number of carbonyl (C=O) groups is 1. The molecule has 0 unspecified atom stereocenters. The number of rotatable bonds is 6. The standard InChI is InChI=1S/C21H25ClN4O2.HI/c1-28-19-9-8-17(13-18(19)22)25-21(23)24-11-4-7-20(27)26-12-10-15-5-2-3-6-16(15)14-26;/h2-3,5-6,8-9,13H,4,7,10-12,14H2,1H3,(H3,23,24,25);1H. The molecule has 3 rings (SSSR count). The molecule has 8 heteroatoms. The van der Waals surface area contributed by atoms with Crippen LogP contribution in [0.15, 0.2) is 47.5 Å². The quantitative estimate of drug-likeness (QED) is 0.257. The van der Waals surface area contributed by atoms with E-state index in [0.29, 0.717) is 42.7 Å². The highest BCUT2D eigenvalue weighted by Gasteiger charge is 2.19. The molecule has 156 valence electrons. The van der Waals surface area contributed by atoms with Crippen molar-refractivity contribution in [2.24, 2.45) is 10.7 Å². The van der Waals surface area contributed by atoms with Gasteiger partial charge in [-0.1, -0.05) is 35.9 Å². The van der Waals surface area contributed by atoms with Gasteiger partial charge >= 0.3 is 0 Å². The Balaban J connectivity index is 0.00000300. The fourth-order valence-corrected chi connectivity index (χ4v) is 3.49. The molecule has 0 fully saturated rings. The van der Waals surface area contributed by atoms with Gasteiger partial charge in [0.1, 0.15) is 5.75 Å². The van der Waals surface area contributed by atoms with E-state index in [4.69, 9.17) is 22.1 Å². The molecule has 3 N–H and O–H groups in total. The Morgan fingerprint density at radius 1 is 1.28 bits per heavy atom. The maximum Gasteiger partial charge on any atom is 0.222 e. The molecule has 1 heterocycles. The lowest BCUT2D eigenvalue weighted by Gasteiger charge is -2.28. The first kappa shape index (κ1) is 23.3. The van der Waals surface area contributed by atoms with Gasteiger partial charge in [0.05, 0.1) is 12.1 Å². The molecule has 0 saturated carbocycles. The van der Waals surface area contributed by atoms with E-state index in [-0.39, 0.29) is 29.9 Å². The minimum Gasteiger partial charge on any atom is -0.495 e. The number of hydrogen-bond acceptors (Lipinski definition) is 3. The number of halogens is 2. The van der Waals surface area contributed by atoms with Gasteiger partial charge in [0, 0.05) is 31.7 Å². The Hall–Kier alpha value is -2.00. The highest BCUT2D eigenvalue weighted by atomic mass is 127. The zero-order chi connectivity index (χ0) is 19.9. The summed E-state index contributed by atoms with van der Waals surface area (Å²) in [7, 11) is 1.56. The predicted molar refractivity (Wildman–Crippen MR) is 128 cm³/mol. The Bertz CT molecular complexity index is 876. The van der Waals surface area contributed by atoms with E-state index in [9.17, 15) is 4.79 Å². The summed E-state index contributed by atoms with van der Waals surface area (Å²) in [5, 5.41) is 3.48. The highest BCUT2D eigenvalue weighted by molar-refractivity contribution is 14.0. The topological polar surface area (TPSA) is 80.0 Å². The van der Waals surface area contributed by atoms with Crippen LogP contribution in [-0.4, -0.2) is 37.0 Å². The third-order valence-electron chi connectivity index (χ3n) is 4.74. The van der Waals surface area contributed by atoms with Crippen LogP contribution in [0.25, 0.3) is 0 Å². The molecule has 29 heavy (non-hydrogen) atoms. The molecule has 1 aliphatic heterocycles. The molecular formula is C21H26ClIN4O2. The van der Waals surface area contributed by atoms with Gasteiger partial charge in [-0.25, -0.2) is 0 Å². The van der Waals surface area contributed by atoms with Gasteiger partial charge in [-0.3, -0.25) is 9.79 Å². The maximum absolute atomic E-state index is 12.4. The fraction of sp³-hybridized carbons (Fsp3) is 0.333. The highest BCUT2D eigenvalue weighted by Crippen LogP contribution is 2.27. The number of amides is 1. The number of ether oxygens (including phenoxy) is 1. The van der Waals surface area contributed by atoms with Crippen LogP contribution < -0.4 is 15.8 Å². The van der Waals surface area contributed by atoms with Crippen molar-refractivity contribution in [2.75, 3.05) is 25.5 Å². The zero-order valence-electron chi connectivity index (χ0n) is 16.4. The molecule has 0 atom stereocenters. The molecule has 0 radical (unpaired) electrons. The lowest BCUT2D eigenvalue weighted by atomic mass is 9.99. The summed E-state index contributed by atoms with van der Waals surface area (Å²) in [5.41, 5.74) is 9.22. The summed E-state index contributed by atoms with van der Waals surface area (Å²) in [5.74, 6) is 1.06. The number of guanidine groups is 1. The van der Waals surface area contributed by atoms with Crippen LogP contribution >= 0.6 is 35.6 Å². The Kier molecular flexibility index (Phi) is 9.03. The van der Waals surface area contributed by atoms with Gasteiger partial charge in [-0.2, -0.15) is 0 Å². The number of hydrogen-bond donors (Lipinski definition) is 2. The van der Waals surface area contributed by atoms with Gasteiger partial charge in [0.2, 0.25) is 5.91 Å². The monoisotopic (exact) mass is 528 g/mol. The molecular weight excluding hydrogens is 503 g/mol. The molecule has 1 amide bonds. The first-order valence-corrected chi connectivity index (χ1v) is 9.69. The average Bonchev–Trinajstić information content (AvgIpc) is 2.71. The number of anilines is 1. The second-order valence-corrected chi connectivity index (χ2v) is 7.09. The average molecular weight is 529 g/mol. The van der Waals surface area contributed by atoms with Crippen LogP contribution in [0.4, 0.5) is 5.69 Å². The van der Waals surface area contributed by atoms with Crippen LogP contribution in [0.2, 0.25) is 5.02 Å². The van der Waals surface area contributed by atoms with E-state index in [2.05, 4.69) is 22.4 Å². The zero-order valence-corrected chi connectivity index (χ0v) is 19.4. The molecule has 0 bridgehead atoms. The second-order valence-electron chi connectivity index (χ2n) is 6.68. The molecule has 2 aromatic carbocycles. The summed E-state index contributed by atoms with van der Waals surface area (Å²) in [6.07, 6.45) is 2.04. The Morgan fingerprint density at radius 3 is 2.76 bits per heavy atom. The predicted octanol–water partition coefficient (Wildman–Crippen LogP) is 4.06. The summed E-state index contributed by atoms with van der Waals surface area (Å²) in [6, 6.07) is 13.6. The lowest BCUT2D eigenvalue weighted by molar-refractivity contribution is -0.132. The number of nitrogens with zero attached hydrogens (tertiary/aromatic N) is 2. The van der Waals surface area contributed by atoms with Crippen molar-refractivity contribution in [3.8, 4) is 5.75 Å². The van der Waals surface area contributed by atoms with Crippen molar-refractivity contribution in [3.63, 3.8) is 0 Å². The number of methoxy groups -OCH3 is 1. The third-order valence-corrected chi connectivity index (χ3v) is 5.03. The normalized spacial score (nSPS) is 13.3. The first-order valence-electron chi connectivity index (χ1n) is 9.32. The van der Waals surface area contributed by atoms with Crippen LogP contribution in [0.5, 0.6) is 5.75 Å². The Labute approximate surface area is 193 Å². The van der Waals surface area contributed by atoms with Gasteiger partial charge in [-0.05, 0) is 42.2 Å². The smallest absolute Gasteiger partial charge is 0.222 e. The molecule has 1 aliphatic rings. The second kappa shape index (κ2) is 11.3. The van der Waals surface area contributed by atoms with Gasteiger partial charge in [0.15, 0.2) is 5.96 Å². The van der Waals surface area contributed by atoms with Crippen molar-refractivity contribution >= 4 is 53.1 Å². The summed E-state index contributed by atoms with van der Waals surface area (Å²) < 4.78 is 5.12. The number of benzene rings is 2. The molecule has 0 spiro atoms. The van der Waals surface area contributed by atoms with Crippen LogP contribution in [0.3, 0.4) is 0 Å². The van der Waals surface area contributed by atoms with Crippen LogP contribution in [0.1, 0.15) is 24.0 Å². The number of nitrogens with two attached hydrogens (primary N) is 1. The minimum absolute atomic E-state index is 0. The number of aliphatic imine (C=N–C) groups is 1. The van der Waals surface area contributed by atoms with Crippen molar-refractivity contribution in [1.29, 1.82) is 0 Å². The van der Waals surface area contributed by atoms with E-state index in [1.807, 2.05) is 23.1 Å². The SMILES string of the molecule is COc1ccc(NC(N)=NCCCC(=O)N2CCc3ccccc3C2)cc1Cl.I. The Morgan fingerprint density at radius 2 is 2.03 bits per heavy atom. The summed E-state index contributed by atoms with van der Waals surface area (Å²) >= 11 is 6.09. The van der Waals surface area contributed by atoms with Gasteiger partial charge < -0.3 is 20.7 Å². The number of nitrogens with one attached hydrogen (secondary N) is 1. The van der Waals surface area contributed by atoms with E-state index < -0.39 is 0 Å². The molecule has 2 aromatic rings. The summed E-state index contributed by atoms with van der Waals surface area (Å²) in [6.45, 7) is 1.96. The van der Waals surface area contributed by atoms with Crippen molar-refractivity contribution in [3.05, 3.63) is 58.6 Å². The minimum atomic E-state index is 0. The molecule has 0 aromatic heterocycles. The van der Waals surface area contributed by atoms with Gasteiger partial charge in [0.25, 0.3) is 0 Å². The van der Waals surface area contributed by atoms with Crippen molar-refractivity contribution in [1.82, 2.24) is 4.90 Å². The largest absolute Gasteiger partial charge is 0.495 e. The lowest BCUT2D eigenvalue weighted by Crippen LogP contribution is -2.35. The molecule has 6 nitrogen and oxygen atoms in total. The van der Waals surface area contributed by atoms with Crippen LogP contribution in [0, 0.1) is 0 Å². The molecule has 0 saturated heterocycles. The van der Waals surface area contributed by atoms with Gasteiger partial charge in [-0.15, -0.1) is 24.0 Å². The van der Waals surface area contributed by atoms with E-state index >= 15 is 0 Å². The van der Waals surface area contributed by atoms with E-state index in [1.54, 1.807) is 19.2 Å². The summed E-state index contributed by atoms with van der Waals surface area (Å²) in [4.78, 5) is 18.7. The van der Waals surface area contributed by atoms with E-state index in [0.717, 1.165) is 18.7 Å². The van der Waals surface area contributed by atoms with Crippen molar-refractivity contribution < 1.29 is 9.53 Å². The number of carbonyl (C=O) groups excluding carboxylic acids is 1.